The van der Waals surface area contributed by atoms with E-state index in [-0.39, 0.29) is 0 Å². The van der Waals surface area contributed by atoms with Gasteiger partial charge >= 0.3 is 0 Å². The molecule has 3 aliphatic rings. The van der Waals surface area contributed by atoms with Crippen molar-refractivity contribution in [3.63, 3.8) is 0 Å². The average molecular weight is 164 g/mol. The van der Waals surface area contributed by atoms with Crippen molar-refractivity contribution in [3.05, 3.63) is 0 Å². The molecule has 0 radical (unpaired) electrons. The Labute approximate surface area is 75.7 Å². The minimum absolute atomic E-state index is 0.825. The molecule has 12 heavy (non-hydrogen) atoms. The summed E-state index contributed by atoms with van der Waals surface area (Å²) in [7, 11) is 0. The highest BCUT2D eigenvalue weighted by Gasteiger charge is 3.03. The third kappa shape index (κ3) is 0.337. The Kier molecular flexibility index (Phi) is 0.932. The molecule has 0 heteroatoms. The van der Waals surface area contributed by atoms with Gasteiger partial charge in [0.05, 0.1) is 0 Å². The summed E-state index contributed by atoms with van der Waals surface area (Å²) < 4.78 is 0. The first-order valence-corrected chi connectivity index (χ1v) is 5.54. The minimum Gasteiger partial charge on any atom is -0.0622 e. The zero-order valence-electron chi connectivity index (χ0n) is 8.89. The molecule has 3 saturated carbocycles. The predicted octanol–water partition coefficient (Wildman–Crippen LogP) is 3.18. The largest absolute Gasteiger partial charge is 0.0622 e. The summed E-state index contributed by atoms with van der Waals surface area (Å²) in [5.41, 5.74) is 1.69. The maximum atomic E-state index is 2.48. The summed E-state index contributed by atoms with van der Waals surface area (Å²) >= 11 is 0. The van der Waals surface area contributed by atoms with Crippen LogP contribution in [0.15, 0.2) is 0 Å². The molecule has 6 atom stereocenters. The van der Waals surface area contributed by atoms with Gasteiger partial charge in [-0.2, -0.15) is 0 Å². The van der Waals surface area contributed by atoms with E-state index in [1.165, 1.54) is 0 Å². The Morgan fingerprint density at radius 1 is 1.08 bits per heavy atom. The van der Waals surface area contributed by atoms with Crippen molar-refractivity contribution in [2.24, 2.45) is 40.4 Å². The molecule has 0 nitrogen and oxygen atoms in total. The fourth-order valence-corrected chi connectivity index (χ4v) is 5.72. The molecule has 3 fully saturated rings. The summed E-state index contributed by atoms with van der Waals surface area (Å²) in [6.45, 7) is 12.3. The molecule has 1 spiro atoms. The summed E-state index contributed by atoms with van der Waals surface area (Å²) in [6, 6.07) is 0. The van der Waals surface area contributed by atoms with E-state index >= 15 is 0 Å². The molecule has 0 amide bonds. The third-order valence-corrected chi connectivity index (χ3v) is 6.07. The highest BCUT2D eigenvalue weighted by molar-refractivity contribution is 5.49. The van der Waals surface area contributed by atoms with Crippen LogP contribution in [-0.4, -0.2) is 0 Å². The van der Waals surface area contributed by atoms with E-state index in [0.717, 1.165) is 40.4 Å². The van der Waals surface area contributed by atoms with E-state index in [4.69, 9.17) is 0 Å². The predicted molar refractivity (Wildman–Crippen MR) is 50.7 cm³/mol. The van der Waals surface area contributed by atoms with Crippen molar-refractivity contribution in [2.45, 2.75) is 34.6 Å². The van der Waals surface area contributed by atoms with Crippen molar-refractivity contribution in [3.8, 4) is 0 Å². The lowest BCUT2D eigenvalue weighted by Crippen LogP contribution is -2.38. The molecule has 0 aromatic carbocycles. The smallest absolute Gasteiger partial charge is 0.0137 e. The second-order valence-electron chi connectivity index (χ2n) is 5.87. The van der Waals surface area contributed by atoms with E-state index in [1.54, 1.807) is 0 Å². The van der Waals surface area contributed by atoms with Crippen molar-refractivity contribution >= 4 is 0 Å². The minimum atomic E-state index is 0.825. The van der Waals surface area contributed by atoms with Gasteiger partial charge in [0.1, 0.15) is 0 Å². The normalized spacial score (nSPS) is 71.5. The van der Waals surface area contributed by atoms with Crippen molar-refractivity contribution in [1.29, 1.82) is 0 Å². The van der Waals surface area contributed by atoms with Gasteiger partial charge in [-0.3, -0.25) is 0 Å². The molecular weight excluding hydrogens is 144 g/mol. The van der Waals surface area contributed by atoms with Gasteiger partial charge in [0.15, 0.2) is 0 Å². The number of rotatable bonds is 1. The zero-order valence-corrected chi connectivity index (χ0v) is 8.89. The highest BCUT2D eigenvalue weighted by Crippen LogP contribution is 3.06. The molecule has 3 rings (SSSR count). The molecule has 0 saturated heterocycles. The van der Waals surface area contributed by atoms with Gasteiger partial charge in [-0.25, -0.2) is 0 Å². The summed E-state index contributed by atoms with van der Waals surface area (Å²) in [5, 5.41) is 0. The van der Waals surface area contributed by atoms with Crippen LogP contribution < -0.4 is 0 Å². The molecule has 0 aliphatic heterocycles. The quantitative estimate of drug-likeness (QED) is 0.558. The Morgan fingerprint density at radius 3 is 2.00 bits per heavy atom. The fraction of sp³-hybridized carbons (Fsp3) is 1.00. The van der Waals surface area contributed by atoms with Gasteiger partial charge in [0.2, 0.25) is 0 Å². The average Bonchev–Trinajstić information content (AvgIpc) is 2.81. The lowest BCUT2D eigenvalue weighted by atomic mass is 9.62. The first kappa shape index (κ1) is 7.41. The Morgan fingerprint density at radius 2 is 1.67 bits per heavy atom. The van der Waals surface area contributed by atoms with Crippen molar-refractivity contribution < 1.29 is 0 Å². The topological polar surface area (TPSA) is 0 Å². The summed E-state index contributed by atoms with van der Waals surface area (Å²) in [4.78, 5) is 0. The molecule has 0 N–H and O–H groups in total. The van der Waals surface area contributed by atoms with Crippen LogP contribution in [-0.2, 0) is 0 Å². The van der Waals surface area contributed by atoms with Crippen LogP contribution in [0.5, 0.6) is 0 Å². The second kappa shape index (κ2) is 1.51. The first-order chi connectivity index (χ1) is 5.54. The van der Waals surface area contributed by atoms with Crippen LogP contribution in [0.25, 0.3) is 0 Å². The number of fused-ring (bicyclic) bond motifs is 1. The zero-order chi connectivity index (χ0) is 8.89. The first-order valence-electron chi connectivity index (χ1n) is 5.54. The number of hydrogen-bond acceptors (Lipinski definition) is 0. The van der Waals surface area contributed by atoms with Crippen molar-refractivity contribution in [2.75, 3.05) is 0 Å². The van der Waals surface area contributed by atoms with Gasteiger partial charge in [0.25, 0.3) is 0 Å². The lowest BCUT2D eigenvalue weighted by molar-refractivity contribution is 0.0513. The van der Waals surface area contributed by atoms with E-state index < -0.39 is 0 Å². The Bertz CT molecular complexity index is 255. The van der Waals surface area contributed by atoms with Crippen LogP contribution in [0.4, 0.5) is 0 Å². The molecule has 0 heterocycles. The van der Waals surface area contributed by atoms with Gasteiger partial charge < -0.3 is 0 Å². The molecular formula is C12H20. The standard InChI is InChI=1S/C12H20/c1-6(2)11-9(5)12(11)8(4)7(3)10(11)12/h6-10H,1-5H3. The molecule has 3 aliphatic carbocycles. The third-order valence-electron chi connectivity index (χ3n) is 6.07. The maximum Gasteiger partial charge on any atom is -0.0137 e. The number of hydrogen-bond donors (Lipinski definition) is 0. The van der Waals surface area contributed by atoms with Gasteiger partial charge in [-0.15, -0.1) is 0 Å². The molecule has 0 aromatic heterocycles. The monoisotopic (exact) mass is 164 g/mol. The lowest BCUT2D eigenvalue weighted by Gasteiger charge is -2.42. The Hall–Kier alpha value is 0. The van der Waals surface area contributed by atoms with Crippen LogP contribution in [0, 0.1) is 40.4 Å². The summed E-state index contributed by atoms with van der Waals surface area (Å²) in [6.07, 6.45) is 0. The molecule has 0 aromatic rings. The van der Waals surface area contributed by atoms with Crippen LogP contribution in [0.3, 0.4) is 0 Å². The van der Waals surface area contributed by atoms with Gasteiger partial charge in [0, 0.05) is 0 Å². The van der Waals surface area contributed by atoms with E-state index in [1.807, 2.05) is 0 Å². The Balaban J connectivity index is 1.96. The molecule has 6 unspecified atom stereocenters. The summed E-state index contributed by atoms with van der Waals surface area (Å²) in [5.74, 6) is 5.18. The van der Waals surface area contributed by atoms with Crippen LogP contribution in [0.2, 0.25) is 0 Å². The van der Waals surface area contributed by atoms with E-state index in [0.29, 0.717) is 0 Å². The van der Waals surface area contributed by atoms with E-state index in [2.05, 4.69) is 34.6 Å². The van der Waals surface area contributed by atoms with Gasteiger partial charge in [-0.1, -0.05) is 34.6 Å². The highest BCUT2D eigenvalue weighted by atomic mass is 15.1. The molecule has 0 bridgehead atoms. The van der Waals surface area contributed by atoms with Crippen LogP contribution in [0.1, 0.15) is 34.6 Å². The van der Waals surface area contributed by atoms with Gasteiger partial charge in [-0.05, 0) is 40.4 Å². The molecule has 68 valence electrons. The second-order valence-corrected chi connectivity index (χ2v) is 5.87. The van der Waals surface area contributed by atoms with Crippen LogP contribution >= 0.6 is 0 Å². The SMILES string of the molecule is CC1C(C)C23C(C)C2(C(C)C)C13. The van der Waals surface area contributed by atoms with E-state index in [9.17, 15) is 0 Å². The fourth-order valence-electron chi connectivity index (χ4n) is 5.72. The maximum absolute atomic E-state index is 2.48. The van der Waals surface area contributed by atoms with Crippen molar-refractivity contribution in [1.82, 2.24) is 0 Å².